The summed E-state index contributed by atoms with van der Waals surface area (Å²) in [6, 6.07) is 6.42. The molecule has 3 amide bonds. The number of benzene rings is 1. The van der Waals surface area contributed by atoms with Crippen molar-refractivity contribution < 1.29 is 9.59 Å². The maximum atomic E-state index is 11.3. The summed E-state index contributed by atoms with van der Waals surface area (Å²) >= 11 is 0. The smallest absolute Gasteiger partial charge is 0.351 e. The summed E-state index contributed by atoms with van der Waals surface area (Å²) in [4.78, 5) is 23.2. The number of nitrogens with two attached hydrogens (primary N) is 1. The van der Waals surface area contributed by atoms with Crippen molar-refractivity contribution in [2.45, 2.75) is 6.42 Å². The van der Waals surface area contributed by atoms with E-state index in [1.807, 2.05) is 12.1 Å². The third kappa shape index (κ3) is 1.78. The Morgan fingerprint density at radius 2 is 2.00 bits per heavy atom. The summed E-state index contributed by atoms with van der Waals surface area (Å²) in [6.45, 7) is 0. The van der Waals surface area contributed by atoms with Crippen LogP contribution in [-0.4, -0.2) is 49.7 Å². The largest absolute Gasteiger partial charge is 2.00 e. The maximum absolute atomic E-state index is 11.3. The predicted octanol–water partition coefficient (Wildman–Crippen LogP) is 0.274. The molecule has 66 valence electrons. The van der Waals surface area contributed by atoms with Crippen molar-refractivity contribution in [3.8, 4) is 0 Å². The van der Waals surface area contributed by atoms with Gasteiger partial charge in [-0.25, -0.2) is 9.69 Å². The summed E-state index contributed by atoms with van der Waals surface area (Å²) < 4.78 is 0. The van der Waals surface area contributed by atoms with Gasteiger partial charge in [0.2, 0.25) is 5.91 Å². The molecular formula is C9H8CaN2O2+2. The number of carbonyl (C=O) groups excluding carboxylic acids is 2. The van der Waals surface area contributed by atoms with E-state index in [0.717, 1.165) is 10.5 Å². The summed E-state index contributed by atoms with van der Waals surface area (Å²) in [6.07, 6.45) is 0.263. The number of fused-ring (bicyclic) bond motifs is 1. The number of imide groups is 1. The fourth-order valence-corrected chi connectivity index (χ4v) is 1.50. The molecule has 14 heavy (non-hydrogen) atoms. The van der Waals surface area contributed by atoms with Crippen LogP contribution in [0, 0.1) is 0 Å². The molecule has 5 heteroatoms. The normalized spacial score (nSPS) is 13.4. The Morgan fingerprint density at radius 3 is 2.64 bits per heavy atom. The molecule has 1 aliphatic heterocycles. The fraction of sp³-hybridized carbons (Fsp3) is 0.111. The number of carbonyl (C=O) groups is 2. The van der Waals surface area contributed by atoms with Gasteiger partial charge in [0.15, 0.2) is 0 Å². The quantitative estimate of drug-likeness (QED) is 0.633. The van der Waals surface area contributed by atoms with E-state index < -0.39 is 6.03 Å². The number of nitrogens with zero attached hydrogens (tertiary/aromatic N) is 1. The molecule has 1 heterocycles. The van der Waals surface area contributed by atoms with Gasteiger partial charge < -0.3 is 5.73 Å². The second kappa shape index (κ2) is 4.29. The Labute approximate surface area is 111 Å². The first-order valence-corrected chi connectivity index (χ1v) is 3.90. The van der Waals surface area contributed by atoms with Crippen molar-refractivity contribution in [3.05, 3.63) is 29.8 Å². The SMILES string of the molecule is NC(=O)N1C(=O)Cc2ccccc21.[Ca+2]. The number of rotatable bonds is 0. The maximum Gasteiger partial charge on any atom is 2.00 e. The molecule has 4 nitrogen and oxygen atoms in total. The van der Waals surface area contributed by atoms with E-state index in [4.69, 9.17) is 5.73 Å². The molecule has 1 aliphatic rings. The van der Waals surface area contributed by atoms with Crippen LogP contribution in [0.5, 0.6) is 0 Å². The molecule has 2 rings (SSSR count). The van der Waals surface area contributed by atoms with Crippen molar-refractivity contribution in [3.63, 3.8) is 0 Å². The molecule has 0 bridgehead atoms. The van der Waals surface area contributed by atoms with Crippen LogP contribution in [0.4, 0.5) is 10.5 Å². The molecule has 0 radical (unpaired) electrons. The zero-order valence-electron chi connectivity index (χ0n) is 7.56. The van der Waals surface area contributed by atoms with Gasteiger partial charge in [-0.1, -0.05) is 18.2 Å². The van der Waals surface area contributed by atoms with Gasteiger partial charge in [-0.05, 0) is 11.6 Å². The number of urea groups is 1. The Kier molecular flexibility index (Phi) is 3.53. The van der Waals surface area contributed by atoms with Gasteiger partial charge in [-0.2, -0.15) is 0 Å². The summed E-state index contributed by atoms with van der Waals surface area (Å²) in [5.74, 6) is -0.256. The van der Waals surface area contributed by atoms with Crippen LogP contribution >= 0.6 is 0 Å². The molecule has 1 aromatic carbocycles. The molecule has 0 spiro atoms. The minimum absolute atomic E-state index is 0. The predicted molar refractivity (Wildman–Crippen MR) is 53.0 cm³/mol. The van der Waals surface area contributed by atoms with Gasteiger partial charge in [0, 0.05) is 0 Å². The summed E-state index contributed by atoms with van der Waals surface area (Å²) in [7, 11) is 0. The van der Waals surface area contributed by atoms with Crippen LogP contribution in [0.15, 0.2) is 24.3 Å². The molecule has 0 atom stereocenters. The first-order chi connectivity index (χ1) is 6.20. The van der Waals surface area contributed by atoms with Crippen LogP contribution in [-0.2, 0) is 11.2 Å². The number of hydrogen-bond donors (Lipinski definition) is 1. The Bertz CT molecular complexity index is 392. The van der Waals surface area contributed by atoms with E-state index >= 15 is 0 Å². The van der Waals surface area contributed by atoms with Crippen LogP contribution in [0.3, 0.4) is 0 Å². The van der Waals surface area contributed by atoms with Crippen molar-refractivity contribution >= 4 is 55.4 Å². The van der Waals surface area contributed by atoms with Crippen LogP contribution in [0.1, 0.15) is 5.56 Å². The van der Waals surface area contributed by atoms with E-state index in [9.17, 15) is 9.59 Å². The number of amides is 3. The third-order valence-electron chi connectivity index (χ3n) is 2.04. The summed E-state index contributed by atoms with van der Waals surface area (Å²) in [5.41, 5.74) is 6.53. The van der Waals surface area contributed by atoms with Gasteiger partial charge >= 0.3 is 43.8 Å². The van der Waals surface area contributed by atoms with E-state index in [-0.39, 0.29) is 50.1 Å². The van der Waals surface area contributed by atoms with Gasteiger partial charge in [0.1, 0.15) is 0 Å². The number of hydrogen-bond acceptors (Lipinski definition) is 2. The fourth-order valence-electron chi connectivity index (χ4n) is 1.50. The van der Waals surface area contributed by atoms with Crippen molar-refractivity contribution in [1.82, 2.24) is 0 Å². The van der Waals surface area contributed by atoms with Gasteiger partial charge in [-0.15, -0.1) is 0 Å². The van der Waals surface area contributed by atoms with Crippen LogP contribution in [0.25, 0.3) is 0 Å². The van der Waals surface area contributed by atoms with Crippen LogP contribution < -0.4 is 10.6 Å². The van der Waals surface area contributed by atoms with Crippen molar-refractivity contribution in [2.24, 2.45) is 5.73 Å². The number of para-hydroxylation sites is 1. The standard InChI is InChI=1S/C9H8N2O2.Ca/c10-9(13)11-7-4-2-1-3-6(7)5-8(11)12;/h1-4H,5H2,(H2,10,13);/q;+2. The zero-order valence-corrected chi connectivity index (χ0v) is 9.77. The second-order valence-corrected chi connectivity index (χ2v) is 2.87. The first kappa shape index (κ1) is 11.5. The molecule has 2 N–H and O–H groups in total. The Morgan fingerprint density at radius 1 is 1.36 bits per heavy atom. The van der Waals surface area contributed by atoms with Crippen molar-refractivity contribution in [2.75, 3.05) is 4.90 Å². The van der Waals surface area contributed by atoms with E-state index in [1.165, 1.54) is 0 Å². The zero-order chi connectivity index (χ0) is 9.42. The van der Waals surface area contributed by atoms with Crippen LogP contribution in [0.2, 0.25) is 0 Å². The molecule has 1 aromatic rings. The first-order valence-electron chi connectivity index (χ1n) is 3.90. The second-order valence-electron chi connectivity index (χ2n) is 2.87. The monoisotopic (exact) mass is 216 g/mol. The van der Waals surface area contributed by atoms with E-state index in [1.54, 1.807) is 12.1 Å². The third-order valence-corrected chi connectivity index (χ3v) is 2.04. The van der Waals surface area contributed by atoms with Gasteiger partial charge in [0.05, 0.1) is 12.1 Å². The average Bonchev–Trinajstić information content (AvgIpc) is 2.39. The minimum Gasteiger partial charge on any atom is -0.351 e. The van der Waals surface area contributed by atoms with Gasteiger partial charge in [0.25, 0.3) is 0 Å². The molecule has 0 saturated carbocycles. The molecule has 0 saturated heterocycles. The number of anilines is 1. The Hall–Kier alpha value is -0.580. The Balaban J connectivity index is 0.000000980. The van der Waals surface area contributed by atoms with Crippen molar-refractivity contribution in [1.29, 1.82) is 0 Å². The van der Waals surface area contributed by atoms with E-state index in [2.05, 4.69) is 0 Å². The minimum atomic E-state index is -0.713. The molecule has 0 aromatic heterocycles. The van der Waals surface area contributed by atoms with Gasteiger partial charge in [-0.3, -0.25) is 4.79 Å². The average molecular weight is 216 g/mol. The number of primary amides is 1. The molecule has 0 aliphatic carbocycles. The molecule has 0 fully saturated rings. The van der Waals surface area contributed by atoms with E-state index in [0.29, 0.717) is 5.69 Å². The molecule has 0 unspecified atom stereocenters. The summed E-state index contributed by atoms with van der Waals surface area (Å²) in [5, 5.41) is 0. The topological polar surface area (TPSA) is 63.4 Å². The molecular weight excluding hydrogens is 208 g/mol.